The van der Waals surface area contributed by atoms with E-state index in [9.17, 15) is 4.79 Å². The topological polar surface area (TPSA) is 62.6 Å². The lowest BCUT2D eigenvalue weighted by atomic mass is 9.92. The van der Waals surface area contributed by atoms with Gasteiger partial charge in [-0.3, -0.25) is 4.90 Å². The Morgan fingerprint density at radius 1 is 1.36 bits per heavy atom. The number of nitriles is 1. The van der Waals surface area contributed by atoms with E-state index in [-0.39, 0.29) is 30.1 Å². The molecule has 5 heteroatoms. The second kappa shape index (κ2) is 6.45. The molecule has 0 radical (unpaired) electrons. The van der Waals surface area contributed by atoms with Crippen LogP contribution in [0.4, 0.5) is 4.79 Å². The van der Waals surface area contributed by atoms with Gasteiger partial charge < -0.3 is 9.47 Å². The number of carbonyl (C=O) groups is 1. The van der Waals surface area contributed by atoms with Gasteiger partial charge in [-0.25, -0.2) is 4.79 Å². The van der Waals surface area contributed by atoms with Gasteiger partial charge in [0.15, 0.2) is 0 Å². The Morgan fingerprint density at radius 3 is 2.32 bits per heavy atom. The summed E-state index contributed by atoms with van der Waals surface area (Å²) in [5, 5.41) is 9.07. The molecule has 22 heavy (non-hydrogen) atoms. The van der Waals surface area contributed by atoms with E-state index in [1.54, 1.807) is 4.90 Å². The molecule has 126 valence electrons. The van der Waals surface area contributed by atoms with Gasteiger partial charge in [0, 0.05) is 5.92 Å². The number of hydrogen-bond acceptors (Lipinski definition) is 4. The van der Waals surface area contributed by atoms with Crippen LogP contribution < -0.4 is 0 Å². The smallest absolute Gasteiger partial charge is 0.412 e. The van der Waals surface area contributed by atoms with E-state index in [2.05, 4.69) is 19.9 Å². The molecule has 1 aliphatic heterocycles. The number of hydrogen-bond donors (Lipinski definition) is 0. The molecule has 0 spiro atoms. The van der Waals surface area contributed by atoms with Crippen LogP contribution in [0.2, 0.25) is 0 Å². The highest BCUT2D eigenvalue weighted by molar-refractivity contribution is 5.70. The molecule has 1 rings (SSSR count). The molecule has 1 saturated heterocycles. The zero-order chi connectivity index (χ0) is 17.3. The summed E-state index contributed by atoms with van der Waals surface area (Å²) in [7, 11) is 0. The summed E-state index contributed by atoms with van der Waals surface area (Å²) < 4.78 is 11.7. The van der Waals surface area contributed by atoms with Crippen molar-refractivity contribution < 1.29 is 14.3 Å². The average molecular weight is 310 g/mol. The van der Waals surface area contributed by atoms with Crippen molar-refractivity contribution in [3.05, 3.63) is 0 Å². The van der Waals surface area contributed by atoms with Crippen LogP contribution in [-0.4, -0.2) is 34.5 Å². The van der Waals surface area contributed by atoms with Crippen LogP contribution in [-0.2, 0) is 9.47 Å². The first kappa shape index (κ1) is 18.8. The lowest BCUT2D eigenvalue weighted by molar-refractivity contribution is -0.0811. The molecule has 1 heterocycles. The maximum absolute atomic E-state index is 12.7. The normalized spacial score (nSPS) is 25.9. The molecule has 1 fully saturated rings. The summed E-state index contributed by atoms with van der Waals surface area (Å²) in [6, 6.07) is 2.15. The summed E-state index contributed by atoms with van der Waals surface area (Å²) >= 11 is 0. The van der Waals surface area contributed by atoms with Crippen LogP contribution in [0.15, 0.2) is 0 Å². The van der Waals surface area contributed by atoms with Crippen molar-refractivity contribution in [2.75, 3.05) is 0 Å². The predicted octanol–water partition coefficient (Wildman–Crippen LogP) is 3.93. The molecule has 0 saturated carbocycles. The minimum absolute atomic E-state index is 0.0966. The van der Waals surface area contributed by atoms with Gasteiger partial charge >= 0.3 is 6.09 Å². The second-order valence-corrected chi connectivity index (χ2v) is 7.95. The fraction of sp³-hybridized carbons (Fsp3) is 0.882. The SMILES string of the molecule is CC(C)[C@H]1[C@@H](C[C@@H](C)C#N)OC(C)(C)N1C(=O)OC(C)(C)C. The highest BCUT2D eigenvalue weighted by Gasteiger charge is 2.52. The van der Waals surface area contributed by atoms with Crippen LogP contribution >= 0.6 is 0 Å². The highest BCUT2D eigenvalue weighted by atomic mass is 16.6. The monoisotopic (exact) mass is 310 g/mol. The summed E-state index contributed by atoms with van der Waals surface area (Å²) in [5.74, 6) is 0.103. The fourth-order valence-corrected chi connectivity index (χ4v) is 2.99. The van der Waals surface area contributed by atoms with Crippen molar-refractivity contribution in [2.24, 2.45) is 11.8 Å². The van der Waals surface area contributed by atoms with E-state index in [4.69, 9.17) is 14.7 Å². The van der Waals surface area contributed by atoms with Crippen LogP contribution in [0.1, 0.15) is 61.8 Å². The highest BCUT2D eigenvalue weighted by Crippen LogP contribution is 2.39. The minimum atomic E-state index is -0.739. The molecule has 0 aromatic rings. The zero-order valence-electron chi connectivity index (χ0n) is 15.1. The van der Waals surface area contributed by atoms with Gasteiger partial charge in [0.25, 0.3) is 0 Å². The molecule has 0 aromatic carbocycles. The molecule has 0 unspecified atom stereocenters. The fourth-order valence-electron chi connectivity index (χ4n) is 2.99. The van der Waals surface area contributed by atoms with Crippen molar-refractivity contribution in [2.45, 2.75) is 85.3 Å². The molecule has 0 aliphatic carbocycles. The predicted molar refractivity (Wildman–Crippen MR) is 85.0 cm³/mol. The lowest BCUT2D eigenvalue weighted by Gasteiger charge is -2.36. The Balaban J connectivity index is 3.07. The molecule has 0 N–H and O–H groups in total. The van der Waals surface area contributed by atoms with Gasteiger partial charge in [0.2, 0.25) is 0 Å². The van der Waals surface area contributed by atoms with Gasteiger partial charge in [-0.1, -0.05) is 13.8 Å². The van der Waals surface area contributed by atoms with Crippen molar-refractivity contribution in [3.8, 4) is 6.07 Å². The molecule has 0 bridgehead atoms. The van der Waals surface area contributed by atoms with Gasteiger partial charge in [-0.05, 0) is 53.9 Å². The molecule has 0 aromatic heterocycles. The molecular weight excluding hydrogens is 280 g/mol. The molecule has 1 amide bonds. The van der Waals surface area contributed by atoms with E-state index in [1.807, 2.05) is 41.5 Å². The van der Waals surface area contributed by atoms with E-state index in [0.717, 1.165) is 0 Å². The Hall–Kier alpha value is -1.28. The first-order valence-electron chi connectivity index (χ1n) is 7.99. The van der Waals surface area contributed by atoms with Crippen molar-refractivity contribution >= 4 is 6.09 Å². The van der Waals surface area contributed by atoms with Gasteiger partial charge in [0.1, 0.15) is 11.3 Å². The number of ether oxygens (including phenoxy) is 2. The maximum Gasteiger partial charge on any atom is 0.412 e. The Labute approximate surface area is 134 Å². The molecule has 1 aliphatic rings. The summed E-state index contributed by atoms with van der Waals surface area (Å²) in [6.07, 6.45) is 0.0997. The number of rotatable bonds is 3. The van der Waals surface area contributed by atoms with E-state index < -0.39 is 11.3 Å². The third-order valence-corrected chi connectivity index (χ3v) is 3.78. The first-order valence-corrected chi connectivity index (χ1v) is 7.99. The van der Waals surface area contributed by atoms with Crippen LogP contribution in [0.3, 0.4) is 0 Å². The Bertz CT molecular complexity index is 446. The van der Waals surface area contributed by atoms with Crippen LogP contribution in [0.25, 0.3) is 0 Å². The number of amides is 1. The summed E-state index contributed by atoms with van der Waals surface area (Å²) in [5.41, 5.74) is -1.29. The van der Waals surface area contributed by atoms with Crippen molar-refractivity contribution in [1.82, 2.24) is 4.90 Å². The minimum Gasteiger partial charge on any atom is -0.444 e. The number of nitrogens with zero attached hydrogens (tertiary/aromatic N) is 2. The Morgan fingerprint density at radius 2 is 1.91 bits per heavy atom. The van der Waals surface area contributed by atoms with Gasteiger partial charge in [-0.2, -0.15) is 5.26 Å². The van der Waals surface area contributed by atoms with Crippen molar-refractivity contribution in [1.29, 1.82) is 5.26 Å². The van der Waals surface area contributed by atoms with Crippen molar-refractivity contribution in [3.63, 3.8) is 0 Å². The lowest BCUT2D eigenvalue weighted by Crippen LogP contribution is -2.52. The maximum atomic E-state index is 12.7. The standard InChI is InChI=1S/C17H30N2O3/c1-11(2)14-13(9-12(3)10-18)21-17(7,8)19(14)15(20)22-16(4,5)6/h11-14H,9H2,1-8H3/t12-,13-,14+/m1/s1. The van der Waals surface area contributed by atoms with Gasteiger partial charge in [-0.15, -0.1) is 0 Å². The van der Waals surface area contributed by atoms with Gasteiger partial charge in [0.05, 0.1) is 18.2 Å². The molecule has 3 atom stereocenters. The third-order valence-electron chi connectivity index (χ3n) is 3.78. The summed E-state index contributed by atoms with van der Waals surface area (Å²) in [4.78, 5) is 14.4. The zero-order valence-corrected chi connectivity index (χ0v) is 15.1. The van der Waals surface area contributed by atoms with E-state index >= 15 is 0 Å². The molecular formula is C17H30N2O3. The van der Waals surface area contributed by atoms with Crippen LogP contribution in [0.5, 0.6) is 0 Å². The molecule has 5 nitrogen and oxygen atoms in total. The quantitative estimate of drug-likeness (QED) is 0.792. The van der Waals surface area contributed by atoms with E-state index in [0.29, 0.717) is 6.42 Å². The largest absolute Gasteiger partial charge is 0.444 e. The second-order valence-electron chi connectivity index (χ2n) is 7.95. The third kappa shape index (κ3) is 4.36. The average Bonchev–Trinajstić information content (AvgIpc) is 2.57. The summed E-state index contributed by atoms with van der Waals surface area (Å²) in [6.45, 7) is 15.3. The Kier molecular flexibility index (Phi) is 5.51. The van der Waals surface area contributed by atoms with E-state index in [1.165, 1.54) is 0 Å². The first-order chi connectivity index (χ1) is 9.89. The van der Waals surface area contributed by atoms with Crippen LogP contribution in [0, 0.1) is 23.2 Å². The number of carbonyl (C=O) groups excluding carboxylic acids is 1.